The molecule has 2 N–H and O–H groups in total. The molecule has 0 rings (SSSR count). The second-order valence-electron chi connectivity index (χ2n) is 2.40. The minimum atomic E-state index is -5.83. The predicted molar refractivity (Wildman–Crippen MR) is 29.6 cm³/mol. The summed E-state index contributed by atoms with van der Waals surface area (Å²) in [5.41, 5.74) is 4.37. The lowest BCUT2D eigenvalue weighted by Crippen LogP contribution is -2.44. The molecule has 8 heteroatoms. The summed E-state index contributed by atoms with van der Waals surface area (Å²) in [4.78, 5) is 0. The van der Waals surface area contributed by atoms with Crippen molar-refractivity contribution in [2.45, 2.75) is 31.0 Å². The van der Waals surface area contributed by atoms with Gasteiger partial charge in [0.15, 0.2) is 0 Å². The van der Waals surface area contributed by atoms with Gasteiger partial charge in [-0.05, 0) is 0 Å². The van der Waals surface area contributed by atoms with E-state index in [1.165, 1.54) is 0 Å². The molecule has 0 fully saturated rings. The molecule has 0 amide bonds. The first-order chi connectivity index (χ1) is 5.58. The van der Waals surface area contributed by atoms with Crippen molar-refractivity contribution in [1.82, 2.24) is 0 Å². The van der Waals surface area contributed by atoms with Crippen molar-refractivity contribution < 1.29 is 30.7 Å². The second kappa shape index (κ2) is 3.69. The van der Waals surface area contributed by atoms with Crippen LogP contribution >= 0.6 is 0 Å². The van der Waals surface area contributed by atoms with E-state index in [4.69, 9.17) is 0 Å². The van der Waals surface area contributed by atoms with Crippen LogP contribution in [0.2, 0.25) is 0 Å². The standard InChI is InChI=1S/C5H6F7N/c6-3(7)2(13)1-4(8,9)5(10,11)12/h2-3H,1,13H2. The summed E-state index contributed by atoms with van der Waals surface area (Å²) in [6, 6.07) is -2.48. The van der Waals surface area contributed by atoms with Crippen LogP contribution in [0, 0.1) is 0 Å². The van der Waals surface area contributed by atoms with Gasteiger partial charge in [0.25, 0.3) is 6.43 Å². The smallest absolute Gasteiger partial charge is 0.323 e. The van der Waals surface area contributed by atoms with E-state index >= 15 is 0 Å². The van der Waals surface area contributed by atoms with E-state index in [9.17, 15) is 30.7 Å². The van der Waals surface area contributed by atoms with E-state index in [-0.39, 0.29) is 0 Å². The molecule has 0 spiro atoms. The second-order valence-corrected chi connectivity index (χ2v) is 2.40. The lowest BCUT2D eigenvalue weighted by molar-refractivity contribution is -0.287. The lowest BCUT2D eigenvalue weighted by atomic mass is 10.1. The molecule has 0 heterocycles. The molecule has 0 aromatic rings. The number of alkyl halides is 7. The van der Waals surface area contributed by atoms with Gasteiger partial charge in [-0.3, -0.25) is 0 Å². The number of hydrogen-bond acceptors (Lipinski definition) is 1. The third-order valence-electron chi connectivity index (χ3n) is 1.23. The van der Waals surface area contributed by atoms with Crippen LogP contribution in [0.3, 0.4) is 0 Å². The zero-order valence-corrected chi connectivity index (χ0v) is 6.08. The molecule has 0 saturated carbocycles. The van der Waals surface area contributed by atoms with Gasteiger partial charge in [-0.15, -0.1) is 0 Å². The highest BCUT2D eigenvalue weighted by Crippen LogP contribution is 2.39. The Morgan fingerprint density at radius 1 is 1.00 bits per heavy atom. The molecule has 1 nitrogen and oxygen atoms in total. The Morgan fingerprint density at radius 2 is 1.38 bits per heavy atom. The first kappa shape index (κ1) is 12.5. The Hall–Kier alpha value is -0.530. The van der Waals surface area contributed by atoms with Crippen molar-refractivity contribution in [2.24, 2.45) is 5.73 Å². The maximum Gasteiger partial charge on any atom is 0.453 e. The normalized spacial score (nSPS) is 16.4. The fourth-order valence-corrected chi connectivity index (χ4v) is 0.501. The van der Waals surface area contributed by atoms with Crippen molar-refractivity contribution >= 4 is 0 Å². The van der Waals surface area contributed by atoms with Gasteiger partial charge in [-0.2, -0.15) is 22.0 Å². The highest BCUT2D eigenvalue weighted by molar-refractivity contribution is 4.81. The third-order valence-corrected chi connectivity index (χ3v) is 1.23. The summed E-state index contributed by atoms with van der Waals surface area (Å²) in [6.45, 7) is 0. The van der Waals surface area contributed by atoms with Crippen molar-refractivity contribution in [1.29, 1.82) is 0 Å². The molecule has 0 radical (unpaired) electrons. The third kappa shape index (κ3) is 3.37. The molecule has 0 saturated heterocycles. The Kier molecular flexibility index (Phi) is 3.54. The Bertz CT molecular complexity index is 163. The summed E-state index contributed by atoms with van der Waals surface area (Å²) in [7, 11) is 0. The fraction of sp³-hybridized carbons (Fsp3) is 1.00. The van der Waals surface area contributed by atoms with E-state index in [1.54, 1.807) is 0 Å². The molecule has 0 aliphatic carbocycles. The van der Waals surface area contributed by atoms with Gasteiger partial charge in [0.2, 0.25) is 0 Å². The molecule has 0 aromatic heterocycles. The maximum atomic E-state index is 12.0. The quantitative estimate of drug-likeness (QED) is 0.714. The van der Waals surface area contributed by atoms with E-state index in [0.29, 0.717) is 0 Å². The van der Waals surface area contributed by atoms with Crippen molar-refractivity contribution in [3.63, 3.8) is 0 Å². The zero-order chi connectivity index (χ0) is 10.9. The SMILES string of the molecule is NC(CC(F)(F)C(F)(F)F)C(F)F. The molecular weight excluding hydrogens is 207 g/mol. The fourth-order valence-electron chi connectivity index (χ4n) is 0.501. The first-order valence-electron chi connectivity index (χ1n) is 3.06. The van der Waals surface area contributed by atoms with Crippen LogP contribution in [0.1, 0.15) is 6.42 Å². The largest absolute Gasteiger partial charge is 0.453 e. The summed E-state index contributed by atoms with van der Waals surface area (Å²) in [6.07, 6.45) is -11.3. The summed E-state index contributed by atoms with van der Waals surface area (Å²) in [5.74, 6) is -5.16. The summed E-state index contributed by atoms with van der Waals surface area (Å²) >= 11 is 0. The molecule has 13 heavy (non-hydrogen) atoms. The molecule has 1 atom stereocenters. The van der Waals surface area contributed by atoms with Crippen LogP contribution in [0.4, 0.5) is 30.7 Å². The van der Waals surface area contributed by atoms with Crippen LogP contribution in [0.25, 0.3) is 0 Å². The molecule has 1 unspecified atom stereocenters. The molecule has 0 aromatic carbocycles. The average molecular weight is 213 g/mol. The van der Waals surface area contributed by atoms with Crippen LogP contribution in [-0.4, -0.2) is 24.6 Å². The number of hydrogen-bond donors (Lipinski definition) is 1. The highest BCUT2D eigenvalue weighted by atomic mass is 19.4. The van der Waals surface area contributed by atoms with Crippen LogP contribution in [0.5, 0.6) is 0 Å². The Balaban J connectivity index is 4.34. The van der Waals surface area contributed by atoms with Gasteiger partial charge < -0.3 is 5.73 Å². The average Bonchev–Trinajstić information content (AvgIpc) is 1.83. The predicted octanol–water partition coefficient (Wildman–Crippen LogP) is 2.17. The highest BCUT2D eigenvalue weighted by Gasteiger charge is 2.58. The summed E-state index contributed by atoms with van der Waals surface area (Å²) < 4.78 is 81.3. The van der Waals surface area contributed by atoms with Gasteiger partial charge in [0.05, 0.1) is 6.04 Å². The first-order valence-corrected chi connectivity index (χ1v) is 3.06. The van der Waals surface area contributed by atoms with Crippen molar-refractivity contribution in [3.8, 4) is 0 Å². The molecule has 80 valence electrons. The van der Waals surface area contributed by atoms with Crippen LogP contribution < -0.4 is 5.73 Å². The minimum Gasteiger partial charge on any atom is -0.323 e. The van der Waals surface area contributed by atoms with Gasteiger partial charge >= 0.3 is 12.1 Å². The minimum absolute atomic E-state index is 2.10. The van der Waals surface area contributed by atoms with Crippen molar-refractivity contribution in [3.05, 3.63) is 0 Å². The van der Waals surface area contributed by atoms with Crippen molar-refractivity contribution in [2.75, 3.05) is 0 Å². The van der Waals surface area contributed by atoms with E-state index in [1.807, 2.05) is 0 Å². The molecule has 0 aliphatic rings. The Morgan fingerprint density at radius 3 is 1.62 bits per heavy atom. The van der Waals surface area contributed by atoms with E-state index < -0.39 is 31.0 Å². The number of halogens is 7. The number of nitrogens with two attached hydrogens (primary N) is 1. The number of rotatable bonds is 3. The zero-order valence-electron chi connectivity index (χ0n) is 6.08. The van der Waals surface area contributed by atoms with E-state index in [2.05, 4.69) is 5.73 Å². The van der Waals surface area contributed by atoms with Gasteiger partial charge in [-0.1, -0.05) is 0 Å². The lowest BCUT2D eigenvalue weighted by Gasteiger charge is -2.22. The van der Waals surface area contributed by atoms with Gasteiger partial charge in [0, 0.05) is 6.42 Å². The summed E-state index contributed by atoms with van der Waals surface area (Å²) in [5, 5.41) is 0. The van der Waals surface area contributed by atoms with E-state index in [0.717, 1.165) is 0 Å². The Labute approximate surface area is 68.7 Å². The monoisotopic (exact) mass is 213 g/mol. The van der Waals surface area contributed by atoms with Gasteiger partial charge in [0.1, 0.15) is 0 Å². The topological polar surface area (TPSA) is 26.0 Å². The van der Waals surface area contributed by atoms with Crippen LogP contribution in [-0.2, 0) is 0 Å². The maximum absolute atomic E-state index is 12.0. The molecular formula is C5H6F7N. The van der Waals surface area contributed by atoms with Crippen LogP contribution in [0.15, 0.2) is 0 Å². The molecule has 0 aliphatic heterocycles. The molecule has 0 bridgehead atoms. The van der Waals surface area contributed by atoms with Gasteiger partial charge in [-0.25, -0.2) is 8.78 Å².